The molecular weight excluding hydrogens is 318 g/mol. The van der Waals surface area contributed by atoms with Crippen LogP contribution < -0.4 is 16.1 Å². The average Bonchev–Trinajstić information content (AvgIpc) is 2.64. The Morgan fingerprint density at radius 2 is 1.72 bits per heavy atom. The maximum atomic E-state index is 12.4. The van der Waals surface area contributed by atoms with Gasteiger partial charge in [-0.2, -0.15) is 5.26 Å². The molecule has 2 heterocycles. The molecule has 1 aliphatic rings. The Morgan fingerprint density at radius 1 is 1.04 bits per heavy atom. The Bertz CT molecular complexity index is 939. The minimum absolute atomic E-state index is 0.00934. The molecule has 1 fully saturated rings. The summed E-state index contributed by atoms with van der Waals surface area (Å²) in [6.45, 7) is 2.17. The van der Waals surface area contributed by atoms with Gasteiger partial charge in [0.2, 0.25) is 0 Å². The summed E-state index contributed by atoms with van der Waals surface area (Å²) in [6, 6.07) is 11.9. The monoisotopic (exact) mass is 339 g/mol. The van der Waals surface area contributed by atoms with Crippen LogP contribution in [0.15, 0.2) is 39.9 Å². The number of nitrogens with zero attached hydrogens (tertiary/aromatic N) is 5. The molecule has 7 nitrogen and oxygen atoms in total. The van der Waals surface area contributed by atoms with Crippen molar-refractivity contribution in [3.63, 3.8) is 0 Å². The van der Waals surface area contributed by atoms with Gasteiger partial charge in [0.25, 0.3) is 5.56 Å². The number of hydrogen-bond donors (Lipinski definition) is 0. The molecule has 0 saturated carbocycles. The second kappa shape index (κ2) is 6.57. The highest BCUT2D eigenvalue weighted by molar-refractivity contribution is 5.55. The molecule has 1 atom stereocenters. The second-order valence-electron chi connectivity index (χ2n) is 6.40. The fraction of sp³-hybridized carbons (Fsp3) is 0.389. The van der Waals surface area contributed by atoms with Gasteiger partial charge in [-0.25, -0.2) is 4.79 Å². The fourth-order valence-electron chi connectivity index (χ4n) is 3.40. The van der Waals surface area contributed by atoms with Crippen molar-refractivity contribution in [1.82, 2.24) is 14.0 Å². The van der Waals surface area contributed by atoms with Gasteiger partial charge < -0.3 is 9.80 Å². The minimum Gasteiger partial charge on any atom is -0.347 e. The minimum atomic E-state index is -0.550. The standard InChI is InChI=1S/C18H21N5O2/c1-20-9-10-23(15(12-20)13-7-5-4-6-8-13)16-14(11-19)17(24)22(3)18(25)21(16)2/h4-8,15H,9-10,12H2,1-3H3/t15-/m0/s1. The Morgan fingerprint density at radius 3 is 2.36 bits per heavy atom. The van der Waals surface area contributed by atoms with Gasteiger partial charge in [0.1, 0.15) is 11.9 Å². The lowest BCUT2D eigenvalue weighted by molar-refractivity contribution is 0.266. The largest absolute Gasteiger partial charge is 0.347 e. The molecule has 0 amide bonds. The fourth-order valence-corrected chi connectivity index (χ4v) is 3.40. The highest BCUT2D eigenvalue weighted by atomic mass is 16.2. The maximum Gasteiger partial charge on any atom is 0.332 e. The molecule has 1 aromatic carbocycles. The topological polar surface area (TPSA) is 74.3 Å². The van der Waals surface area contributed by atoms with E-state index in [1.165, 1.54) is 11.6 Å². The molecule has 3 rings (SSSR count). The lowest BCUT2D eigenvalue weighted by Gasteiger charge is -2.42. The zero-order valence-electron chi connectivity index (χ0n) is 14.6. The van der Waals surface area contributed by atoms with Crippen molar-refractivity contribution in [2.75, 3.05) is 31.6 Å². The van der Waals surface area contributed by atoms with Crippen LogP contribution in [0.5, 0.6) is 0 Å². The summed E-state index contributed by atoms with van der Waals surface area (Å²) < 4.78 is 2.39. The smallest absolute Gasteiger partial charge is 0.332 e. The van der Waals surface area contributed by atoms with Crippen LogP contribution in [0.2, 0.25) is 0 Å². The zero-order chi connectivity index (χ0) is 18.1. The zero-order valence-corrected chi connectivity index (χ0v) is 14.6. The number of hydrogen-bond acceptors (Lipinski definition) is 5. The van der Waals surface area contributed by atoms with Gasteiger partial charge in [0, 0.05) is 33.7 Å². The van der Waals surface area contributed by atoms with E-state index >= 15 is 0 Å². The summed E-state index contributed by atoms with van der Waals surface area (Å²) in [5.41, 5.74) is 0.122. The van der Waals surface area contributed by atoms with Gasteiger partial charge in [0.05, 0.1) is 6.04 Å². The number of piperazine rings is 1. The van der Waals surface area contributed by atoms with E-state index in [0.717, 1.165) is 23.2 Å². The molecule has 0 radical (unpaired) electrons. The van der Waals surface area contributed by atoms with Crippen LogP contribution in [0, 0.1) is 11.3 Å². The summed E-state index contributed by atoms with van der Waals surface area (Å²) in [7, 11) is 5.05. The highest BCUT2D eigenvalue weighted by Crippen LogP contribution is 2.30. The number of aromatic nitrogens is 2. The first-order valence-corrected chi connectivity index (χ1v) is 8.16. The predicted molar refractivity (Wildman–Crippen MR) is 95.7 cm³/mol. The Balaban J connectivity index is 2.22. The normalized spacial score (nSPS) is 18.2. The summed E-state index contributed by atoms with van der Waals surface area (Å²) in [5, 5.41) is 9.56. The van der Waals surface area contributed by atoms with E-state index in [-0.39, 0.29) is 11.6 Å². The van der Waals surface area contributed by atoms with Crippen LogP contribution in [-0.4, -0.2) is 40.7 Å². The summed E-state index contributed by atoms with van der Waals surface area (Å²) in [6.07, 6.45) is 0. The summed E-state index contributed by atoms with van der Waals surface area (Å²) >= 11 is 0. The summed E-state index contributed by atoms with van der Waals surface area (Å²) in [5.74, 6) is 0.401. The Hall–Kier alpha value is -2.85. The van der Waals surface area contributed by atoms with E-state index < -0.39 is 11.2 Å². The van der Waals surface area contributed by atoms with Crippen molar-refractivity contribution in [2.45, 2.75) is 6.04 Å². The number of rotatable bonds is 2. The van der Waals surface area contributed by atoms with Crippen molar-refractivity contribution >= 4 is 5.82 Å². The molecule has 0 aliphatic carbocycles. The van der Waals surface area contributed by atoms with Crippen molar-refractivity contribution in [3.05, 3.63) is 62.3 Å². The predicted octanol–water partition coefficient (Wildman–Crippen LogP) is 0.449. The molecular formula is C18H21N5O2. The molecule has 25 heavy (non-hydrogen) atoms. The third-order valence-electron chi connectivity index (χ3n) is 4.79. The van der Waals surface area contributed by atoms with Gasteiger partial charge in [-0.15, -0.1) is 0 Å². The van der Waals surface area contributed by atoms with Crippen molar-refractivity contribution in [1.29, 1.82) is 5.26 Å². The van der Waals surface area contributed by atoms with Gasteiger partial charge in [-0.1, -0.05) is 30.3 Å². The summed E-state index contributed by atoms with van der Waals surface area (Å²) in [4.78, 5) is 29.1. The molecule has 130 valence electrons. The van der Waals surface area contributed by atoms with Gasteiger partial charge >= 0.3 is 5.69 Å². The first-order chi connectivity index (χ1) is 12.0. The molecule has 2 aromatic rings. The number of anilines is 1. The lowest BCUT2D eigenvalue weighted by atomic mass is 10.0. The number of nitriles is 1. The van der Waals surface area contributed by atoms with Crippen LogP contribution >= 0.6 is 0 Å². The Kier molecular flexibility index (Phi) is 4.47. The third-order valence-corrected chi connectivity index (χ3v) is 4.79. The van der Waals surface area contributed by atoms with Crippen LogP contribution in [0.25, 0.3) is 0 Å². The van der Waals surface area contributed by atoms with Crippen LogP contribution in [-0.2, 0) is 14.1 Å². The van der Waals surface area contributed by atoms with E-state index in [4.69, 9.17) is 0 Å². The van der Waals surface area contributed by atoms with Crippen molar-refractivity contribution < 1.29 is 0 Å². The first-order valence-electron chi connectivity index (χ1n) is 8.16. The highest BCUT2D eigenvalue weighted by Gasteiger charge is 2.31. The van der Waals surface area contributed by atoms with Crippen LogP contribution in [0.3, 0.4) is 0 Å². The molecule has 1 aromatic heterocycles. The first kappa shape index (κ1) is 17.0. The van der Waals surface area contributed by atoms with E-state index in [1.807, 2.05) is 48.3 Å². The molecule has 0 unspecified atom stereocenters. The van der Waals surface area contributed by atoms with Crippen LogP contribution in [0.1, 0.15) is 17.2 Å². The van der Waals surface area contributed by atoms with Crippen molar-refractivity contribution in [3.8, 4) is 6.07 Å². The van der Waals surface area contributed by atoms with E-state index in [2.05, 4.69) is 4.90 Å². The Labute approximate surface area is 145 Å². The van der Waals surface area contributed by atoms with E-state index in [1.54, 1.807) is 7.05 Å². The molecule has 1 aliphatic heterocycles. The quantitative estimate of drug-likeness (QED) is 0.794. The maximum absolute atomic E-state index is 12.4. The third kappa shape index (κ3) is 2.85. The number of benzene rings is 1. The van der Waals surface area contributed by atoms with Crippen LogP contribution in [0.4, 0.5) is 5.82 Å². The molecule has 0 N–H and O–H groups in total. The van der Waals surface area contributed by atoms with E-state index in [9.17, 15) is 14.9 Å². The molecule has 1 saturated heterocycles. The molecule has 7 heteroatoms. The lowest BCUT2D eigenvalue weighted by Crippen LogP contribution is -2.50. The SMILES string of the molecule is CN1CCN(c2c(C#N)c(=O)n(C)c(=O)n2C)[C@H](c2ccccc2)C1. The average molecular weight is 339 g/mol. The van der Waals surface area contributed by atoms with Crippen molar-refractivity contribution in [2.24, 2.45) is 14.1 Å². The van der Waals surface area contributed by atoms with Gasteiger partial charge in [0.15, 0.2) is 5.56 Å². The number of likely N-dealkylation sites (N-methyl/N-ethyl adjacent to an activating group) is 1. The van der Waals surface area contributed by atoms with Gasteiger partial charge in [-0.3, -0.25) is 13.9 Å². The molecule has 0 spiro atoms. The molecule has 0 bridgehead atoms. The second-order valence-corrected chi connectivity index (χ2v) is 6.40. The van der Waals surface area contributed by atoms with Gasteiger partial charge in [-0.05, 0) is 12.6 Å². The van der Waals surface area contributed by atoms with E-state index in [0.29, 0.717) is 12.4 Å².